The molecule has 0 radical (unpaired) electrons. The van der Waals surface area contributed by atoms with Crippen LogP contribution in [0.2, 0.25) is 0 Å². The van der Waals surface area contributed by atoms with Gasteiger partial charge < -0.3 is 14.8 Å². The molecule has 4 rings (SSSR count). The number of nitriles is 2. The molecule has 0 bridgehead atoms. The molecule has 3 aliphatic rings. The minimum Gasteiger partial charge on any atom is -0.316 e. The Morgan fingerprint density at radius 1 is 1.15 bits per heavy atom. The first-order valence-electron chi connectivity index (χ1n) is 9.03. The van der Waals surface area contributed by atoms with Crippen molar-refractivity contribution in [2.75, 3.05) is 14.2 Å². The van der Waals surface area contributed by atoms with Crippen molar-refractivity contribution < 1.29 is 19.8 Å². The van der Waals surface area contributed by atoms with Gasteiger partial charge in [-0.1, -0.05) is 30.3 Å². The summed E-state index contributed by atoms with van der Waals surface area (Å²) >= 11 is 0. The molecular weight excluding hydrogens is 342 g/mol. The van der Waals surface area contributed by atoms with Crippen LogP contribution in [0.15, 0.2) is 41.6 Å². The van der Waals surface area contributed by atoms with Crippen molar-refractivity contribution >= 4 is 5.84 Å². The highest BCUT2D eigenvalue weighted by atomic mass is 16.7. The fraction of sp³-hybridized carbons (Fsp3) is 0.450. The Labute approximate surface area is 158 Å². The maximum atomic E-state index is 10.6. The van der Waals surface area contributed by atoms with Crippen LogP contribution in [-0.4, -0.2) is 26.0 Å². The van der Waals surface area contributed by atoms with Gasteiger partial charge in [-0.2, -0.15) is 10.5 Å². The number of nitrogens with one attached hydrogen (secondary N) is 1. The molecular formula is C20H23N5O2+2. The van der Waals surface area contributed by atoms with E-state index in [1.165, 1.54) is 14.2 Å². The number of allylic oxidation sites excluding steroid dienone is 1. The average molecular weight is 365 g/mol. The van der Waals surface area contributed by atoms with Crippen molar-refractivity contribution in [2.24, 2.45) is 16.6 Å². The number of amidine groups is 1. The summed E-state index contributed by atoms with van der Waals surface area (Å²) in [5, 5.41) is 23.2. The Kier molecular flexibility index (Phi) is 3.87. The van der Waals surface area contributed by atoms with E-state index < -0.39 is 16.7 Å². The molecule has 2 aliphatic heterocycles. The van der Waals surface area contributed by atoms with E-state index in [1.807, 2.05) is 30.3 Å². The van der Waals surface area contributed by atoms with Crippen LogP contribution in [0.25, 0.3) is 0 Å². The van der Waals surface area contributed by atoms with Crippen LogP contribution in [0.1, 0.15) is 30.9 Å². The minimum atomic E-state index is -1.52. The molecule has 0 unspecified atom stereocenters. The Balaban J connectivity index is 2.10. The van der Waals surface area contributed by atoms with Gasteiger partial charge in [-0.05, 0) is 12.8 Å². The summed E-state index contributed by atoms with van der Waals surface area (Å²) in [4.78, 5) is 3.06. The molecule has 0 fully saturated rings. The molecule has 1 aromatic rings. The van der Waals surface area contributed by atoms with Gasteiger partial charge in [0.15, 0.2) is 0 Å². The second-order valence-electron chi connectivity index (χ2n) is 7.26. The number of hydrogen-bond acceptors (Lipinski definition) is 5. The van der Waals surface area contributed by atoms with Gasteiger partial charge in [-0.15, -0.1) is 0 Å². The molecule has 1 aliphatic carbocycles. The van der Waals surface area contributed by atoms with E-state index in [2.05, 4.69) is 22.4 Å². The third-order valence-electron chi connectivity index (χ3n) is 6.43. The van der Waals surface area contributed by atoms with Gasteiger partial charge in [0.1, 0.15) is 11.7 Å². The van der Waals surface area contributed by atoms with Crippen molar-refractivity contribution in [1.29, 1.82) is 10.5 Å². The van der Waals surface area contributed by atoms with Crippen LogP contribution in [0, 0.1) is 33.5 Å². The average Bonchev–Trinajstić information content (AvgIpc) is 3.27. The number of methoxy groups -OCH3 is 2. The number of quaternary nitrogens is 1. The van der Waals surface area contributed by atoms with E-state index in [-0.39, 0.29) is 11.9 Å². The highest BCUT2D eigenvalue weighted by Crippen LogP contribution is 2.61. The lowest BCUT2D eigenvalue weighted by molar-refractivity contribution is -0.699. The lowest BCUT2D eigenvalue weighted by atomic mass is 9.53. The van der Waals surface area contributed by atoms with Crippen LogP contribution in [0.5, 0.6) is 0 Å². The van der Waals surface area contributed by atoms with Gasteiger partial charge in [0.25, 0.3) is 5.84 Å². The van der Waals surface area contributed by atoms with Crippen LogP contribution in [0.4, 0.5) is 0 Å². The number of ether oxygens (including phenoxy) is 2. The van der Waals surface area contributed by atoms with E-state index in [4.69, 9.17) is 15.2 Å². The van der Waals surface area contributed by atoms with E-state index in [0.29, 0.717) is 6.42 Å². The molecule has 3 atom stereocenters. The summed E-state index contributed by atoms with van der Waals surface area (Å²) in [6.07, 6.45) is 2.51. The van der Waals surface area contributed by atoms with E-state index in [0.717, 1.165) is 29.7 Å². The molecule has 7 heteroatoms. The van der Waals surface area contributed by atoms with Crippen LogP contribution in [-0.2, 0) is 9.47 Å². The quantitative estimate of drug-likeness (QED) is 0.603. The molecule has 5 N–H and O–H groups in total. The molecule has 0 spiro atoms. The van der Waals surface area contributed by atoms with Crippen LogP contribution in [0.3, 0.4) is 0 Å². The van der Waals surface area contributed by atoms with Gasteiger partial charge in [0.05, 0.1) is 12.1 Å². The summed E-state index contributed by atoms with van der Waals surface area (Å²) in [7, 11) is 2.95. The number of nitrogens with zero attached hydrogens (tertiary/aromatic N) is 2. The molecule has 0 saturated heterocycles. The second-order valence-corrected chi connectivity index (χ2v) is 7.26. The summed E-state index contributed by atoms with van der Waals surface area (Å²) in [6, 6.07) is 14.2. The largest absolute Gasteiger partial charge is 0.346 e. The lowest BCUT2D eigenvalue weighted by Gasteiger charge is -2.46. The van der Waals surface area contributed by atoms with Crippen LogP contribution < -0.4 is 16.0 Å². The van der Waals surface area contributed by atoms with Crippen molar-refractivity contribution in [3.8, 4) is 12.1 Å². The third-order valence-corrected chi connectivity index (χ3v) is 6.43. The fourth-order valence-electron chi connectivity index (χ4n) is 5.32. The minimum absolute atomic E-state index is 0.207. The van der Waals surface area contributed by atoms with E-state index in [9.17, 15) is 10.5 Å². The highest BCUT2D eigenvalue weighted by Gasteiger charge is 2.84. The van der Waals surface area contributed by atoms with E-state index in [1.54, 1.807) is 0 Å². The molecule has 138 valence electrons. The van der Waals surface area contributed by atoms with Gasteiger partial charge in [-0.25, -0.2) is 4.99 Å². The SMILES string of the molecule is COC1(OC)[NH+]=C(N)[C@@]2(C#N)[C@H](c3ccccc3)[NH2+]C3=C(CCC3)[C@@]12C#N. The van der Waals surface area contributed by atoms with Crippen molar-refractivity contribution in [3.05, 3.63) is 47.2 Å². The van der Waals surface area contributed by atoms with Crippen molar-refractivity contribution in [1.82, 2.24) is 0 Å². The maximum absolute atomic E-state index is 10.6. The lowest BCUT2D eigenvalue weighted by Crippen LogP contribution is -2.92. The molecule has 0 amide bonds. The Hall–Kier alpha value is -2.71. The number of benzene rings is 1. The number of fused-ring (bicyclic) bond motifs is 2. The van der Waals surface area contributed by atoms with Crippen LogP contribution >= 0.6 is 0 Å². The van der Waals surface area contributed by atoms with Crippen molar-refractivity contribution in [2.45, 2.75) is 31.2 Å². The first kappa shape index (κ1) is 17.7. The second kappa shape index (κ2) is 5.90. The van der Waals surface area contributed by atoms with Gasteiger partial charge in [0.2, 0.25) is 10.8 Å². The predicted molar refractivity (Wildman–Crippen MR) is 95.0 cm³/mol. The zero-order valence-corrected chi connectivity index (χ0v) is 15.5. The Bertz CT molecular complexity index is 922. The zero-order valence-electron chi connectivity index (χ0n) is 15.5. The standard InChI is InChI=1S/C20H21N5O2/c1-26-20(27-2)19(12-22)14-9-6-10-15(14)24-16(13-7-4-3-5-8-13)18(19,11-21)17(23)25-20/h3-5,7-8,16,24H,6,9-10H2,1-2H3,(H2,23,25)/p+2/t16-,18+,19+/m0/s1. The molecule has 7 nitrogen and oxygen atoms in total. The first-order valence-corrected chi connectivity index (χ1v) is 9.03. The summed E-state index contributed by atoms with van der Waals surface area (Å²) in [5.74, 6) is -1.31. The smallest absolute Gasteiger partial charge is 0.316 e. The molecule has 0 aromatic heterocycles. The van der Waals surface area contributed by atoms with Gasteiger partial charge in [-0.3, -0.25) is 5.73 Å². The summed E-state index contributed by atoms with van der Waals surface area (Å²) < 4.78 is 11.5. The number of nitrogens with two attached hydrogens (primary N) is 2. The highest BCUT2D eigenvalue weighted by molar-refractivity contribution is 5.90. The number of rotatable bonds is 3. The number of hydrogen-bond donors (Lipinski definition) is 3. The van der Waals surface area contributed by atoms with Gasteiger partial charge in [0, 0.05) is 31.8 Å². The predicted octanol–water partition coefficient (Wildman–Crippen LogP) is -0.839. The summed E-state index contributed by atoms with van der Waals surface area (Å²) in [5.41, 5.74) is 6.66. The normalized spacial score (nSPS) is 33.6. The topological polar surface area (TPSA) is 123 Å². The molecule has 0 saturated carbocycles. The zero-order chi connectivity index (χ0) is 19.3. The Morgan fingerprint density at radius 3 is 2.44 bits per heavy atom. The fourth-order valence-corrected chi connectivity index (χ4v) is 5.32. The van der Waals surface area contributed by atoms with Gasteiger partial charge >= 0.3 is 5.91 Å². The monoisotopic (exact) mass is 365 g/mol. The Morgan fingerprint density at radius 2 is 1.85 bits per heavy atom. The molecule has 1 aromatic carbocycles. The maximum Gasteiger partial charge on any atom is 0.346 e. The first-order chi connectivity index (χ1) is 13.1. The van der Waals surface area contributed by atoms with Crippen molar-refractivity contribution in [3.63, 3.8) is 0 Å². The summed E-state index contributed by atoms with van der Waals surface area (Å²) in [6.45, 7) is 0. The molecule has 27 heavy (non-hydrogen) atoms. The van der Waals surface area contributed by atoms with E-state index >= 15 is 0 Å². The molecule has 2 heterocycles. The third kappa shape index (κ3) is 1.81.